The Bertz CT molecular complexity index is 426. The van der Waals surface area contributed by atoms with Crippen LogP contribution in [0.3, 0.4) is 0 Å². The average molecular weight is 322 g/mol. The van der Waals surface area contributed by atoms with E-state index >= 15 is 0 Å². The van der Waals surface area contributed by atoms with Gasteiger partial charge in [-0.05, 0) is 66.3 Å². The summed E-state index contributed by atoms with van der Waals surface area (Å²) < 4.78 is 0. The molecule has 2 heterocycles. The van der Waals surface area contributed by atoms with Crippen molar-refractivity contribution < 1.29 is 4.79 Å². The van der Waals surface area contributed by atoms with Crippen molar-refractivity contribution >= 4 is 5.91 Å². The highest BCUT2D eigenvalue weighted by Gasteiger charge is 2.41. The van der Waals surface area contributed by atoms with E-state index in [9.17, 15) is 4.79 Å². The number of likely N-dealkylation sites (tertiary alicyclic amines) is 1. The van der Waals surface area contributed by atoms with Gasteiger partial charge in [-0.1, -0.05) is 12.2 Å². The first-order valence-corrected chi connectivity index (χ1v) is 9.12. The van der Waals surface area contributed by atoms with Crippen molar-refractivity contribution in [3.63, 3.8) is 0 Å². The number of amides is 1. The van der Waals surface area contributed by atoms with Crippen LogP contribution in [0.5, 0.6) is 0 Å². The third-order valence-corrected chi connectivity index (χ3v) is 5.13. The molecule has 132 valence electrons. The minimum absolute atomic E-state index is 0.144. The topological polar surface area (TPSA) is 44.4 Å². The summed E-state index contributed by atoms with van der Waals surface area (Å²) in [5, 5.41) is 6.85. The Morgan fingerprint density at radius 3 is 2.52 bits per heavy atom. The minimum atomic E-state index is 0.144. The SMILES string of the molecule is C/C=C/CC(=O)NCC1CCN(C2CC(C)(C)NC(C)(C)C2)C1. The Morgan fingerprint density at radius 2 is 1.91 bits per heavy atom. The number of nitrogens with one attached hydrogen (secondary N) is 2. The van der Waals surface area contributed by atoms with Gasteiger partial charge in [-0.25, -0.2) is 0 Å². The smallest absolute Gasteiger partial charge is 0.223 e. The summed E-state index contributed by atoms with van der Waals surface area (Å²) in [5.74, 6) is 0.747. The van der Waals surface area contributed by atoms with Crippen molar-refractivity contribution in [2.45, 2.75) is 77.4 Å². The average Bonchev–Trinajstić information content (AvgIpc) is 2.88. The standard InChI is InChI=1S/C19H35N3O/c1-6-7-8-17(23)20-13-15-9-10-22(14-15)16-11-18(2,3)21-19(4,5)12-16/h6-7,15-16,21H,8-14H2,1-5H3,(H,20,23)/b7-6+. The fraction of sp³-hybridized carbons (Fsp3) is 0.842. The van der Waals surface area contributed by atoms with Crippen molar-refractivity contribution in [2.75, 3.05) is 19.6 Å². The van der Waals surface area contributed by atoms with E-state index in [0.29, 0.717) is 18.4 Å². The fourth-order valence-electron chi connectivity index (χ4n) is 4.44. The van der Waals surface area contributed by atoms with Gasteiger partial charge in [0.2, 0.25) is 5.91 Å². The summed E-state index contributed by atoms with van der Waals surface area (Å²) in [6.07, 6.45) is 7.96. The second kappa shape index (κ2) is 7.35. The van der Waals surface area contributed by atoms with Gasteiger partial charge in [-0.15, -0.1) is 0 Å². The molecule has 2 saturated heterocycles. The van der Waals surface area contributed by atoms with Crippen LogP contribution in [0.2, 0.25) is 0 Å². The van der Waals surface area contributed by atoms with Gasteiger partial charge in [0.25, 0.3) is 0 Å². The van der Waals surface area contributed by atoms with Crippen LogP contribution in [0.25, 0.3) is 0 Å². The predicted molar refractivity (Wildman–Crippen MR) is 96.4 cm³/mol. The van der Waals surface area contributed by atoms with E-state index in [2.05, 4.69) is 43.2 Å². The minimum Gasteiger partial charge on any atom is -0.356 e. The molecule has 0 bridgehead atoms. The number of carbonyl (C=O) groups excluding carboxylic acids is 1. The zero-order chi connectivity index (χ0) is 17.1. The van der Waals surface area contributed by atoms with Crippen LogP contribution in [0.1, 0.15) is 60.3 Å². The van der Waals surface area contributed by atoms with Crippen LogP contribution in [0, 0.1) is 5.92 Å². The molecule has 4 heteroatoms. The van der Waals surface area contributed by atoms with Crippen LogP contribution >= 0.6 is 0 Å². The van der Waals surface area contributed by atoms with Crippen LogP contribution in [0.4, 0.5) is 0 Å². The molecule has 0 spiro atoms. The number of piperidine rings is 1. The monoisotopic (exact) mass is 321 g/mol. The number of carbonyl (C=O) groups is 1. The Morgan fingerprint density at radius 1 is 1.26 bits per heavy atom. The first-order valence-electron chi connectivity index (χ1n) is 9.12. The highest BCUT2D eigenvalue weighted by atomic mass is 16.1. The van der Waals surface area contributed by atoms with Crippen LogP contribution in [-0.4, -0.2) is 47.6 Å². The third kappa shape index (κ3) is 5.61. The number of allylic oxidation sites excluding steroid dienone is 1. The number of rotatable bonds is 5. The number of hydrogen-bond donors (Lipinski definition) is 2. The van der Waals surface area contributed by atoms with E-state index in [1.165, 1.54) is 25.8 Å². The maximum absolute atomic E-state index is 11.7. The summed E-state index contributed by atoms with van der Waals surface area (Å²) in [6.45, 7) is 14.3. The molecule has 2 aliphatic heterocycles. The van der Waals surface area contributed by atoms with Crippen LogP contribution in [-0.2, 0) is 4.79 Å². The molecule has 1 unspecified atom stereocenters. The second-order valence-corrected chi connectivity index (χ2v) is 8.68. The highest BCUT2D eigenvalue weighted by Crippen LogP contribution is 2.33. The molecule has 23 heavy (non-hydrogen) atoms. The lowest BCUT2D eigenvalue weighted by Gasteiger charge is -2.49. The van der Waals surface area contributed by atoms with Crippen molar-refractivity contribution in [1.82, 2.24) is 15.5 Å². The van der Waals surface area contributed by atoms with Gasteiger partial charge in [-0.2, -0.15) is 0 Å². The van der Waals surface area contributed by atoms with E-state index in [1.54, 1.807) is 0 Å². The molecule has 0 radical (unpaired) electrons. The van der Waals surface area contributed by atoms with E-state index < -0.39 is 0 Å². The van der Waals surface area contributed by atoms with Crippen molar-refractivity contribution in [3.8, 4) is 0 Å². The largest absolute Gasteiger partial charge is 0.356 e. The van der Waals surface area contributed by atoms with E-state index in [4.69, 9.17) is 0 Å². The molecular formula is C19H35N3O. The summed E-state index contributed by atoms with van der Waals surface area (Å²) in [5.41, 5.74) is 0.399. The van der Waals surface area contributed by atoms with Gasteiger partial charge in [0, 0.05) is 36.6 Å². The lowest BCUT2D eigenvalue weighted by molar-refractivity contribution is -0.120. The van der Waals surface area contributed by atoms with Gasteiger partial charge in [0.15, 0.2) is 0 Å². The van der Waals surface area contributed by atoms with Gasteiger partial charge in [0.1, 0.15) is 0 Å². The molecule has 2 aliphatic rings. The van der Waals surface area contributed by atoms with Crippen LogP contribution < -0.4 is 10.6 Å². The van der Waals surface area contributed by atoms with E-state index in [-0.39, 0.29) is 17.0 Å². The summed E-state index contributed by atoms with van der Waals surface area (Å²) in [7, 11) is 0. The highest BCUT2D eigenvalue weighted by molar-refractivity contribution is 5.77. The maximum Gasteiger partial charge on any atom is 0.223 e. The normalized spacial score (nSPS) is 28.3. The molecule has 2 N–H and O–H groups in total. The molecule has 0 aromatic heterocycles. The Kier molecular flexibility index (Phi) is 5.90. The van der Waals surface area contributed by atoms with Crippen molar-refractivity contribution in [2.24, 2.45) is 5.92 Å². The molecule has 0 aromatic carbocycles. The quantitative estimate of drug-likeness (QED) is 0.765. The zero-order valence-corrected chi connectivity index (χ0v) is 15.6. The molecule has 1 atom stereocenters. The molecule has 1 amide bonds. The lowest BCUT2D eigenvalue weighted by Crippen LogP contribution is -2.62. The molecule has 2 fully saturated rings. The third-order valence-electron chi connectivity index (χ3n) is 5.13. The van der Waals surface area contributed by atoms with Crippen LogP contribution in [0.15, 0.2) is 12.2 Å². The Balaban J connectivity index is 1.81. The summed E-state index contributed by atoms with van der Waals surface area (Å²) in [6, 6.07) is 0.657. The molecular weight excluding hydrogens is 286 g/mol. The lowest BCUT2D eigenvalue weighted by atomic mass is 9.79. The van der Waals surface area contributed by atoms with Crippen molar-refractivity contribution in [3.05, 3.63) is 12.2 Å². The molecule has 0 aromatic rings. The van der Waals surface area contributed by atoms with E-state index in [0.717, 1.165) is 13.1 Å². The van der Waals surface area contributed by atoms with Crippen molar-refractivity contribution in [1.29, 1.82) is 0 Å². The molecule has 4 nitrogen and oxygen atoms in total. The summed E-state index contributed by atoms with van der Waals surface area (Å²) >= 11 is 0. The van der Waals surface area contributed by atoms with E-state index in [1.807, 2.05) is 19.1 Å². The number of hydrogen-bond acceptors (Lipinski definition) is 3. The number of nitrogens with zero attached hydrogens (tertiary/aromatic N) is 1. The molecule has 0 saturated carbocycles. The van der Waals surface area contributed by atoms with Gasteiger partial charge in [0.05, 0.1) is 0 Å². The zero-order valence-electron chi connectivity index (χ0n) is 15.6. The maximum atomic E-state index is 11.7. The molecule has 2 rings (SSSR count). The second-order valence-electron chi connectivity index (χ2n) is 8.68. The first kappa shape index (κ1) is 18.5. The van der Waals surface area contributed by atoms with Gasteiger partial charge < -0.3 is 10.6 Å². The van der Waals surface area contributed by atoms with Gasteiger partial charge >= 0.3 is 0 Å². The summed E-state index contributed by atoms with van der Waals surface area (Å²) in [4.78, 5) is 14.4. The molecule has 0 aliphatic carbocycles. The Labute approximate surface area is 142 Å². The fourth-order valence-corrected chi connectivity index (χ4v) is 4.44. The predicted octanol–water partition coefficient (Wildman–Crippen LogP) is 2.70. The Hall–Kier alpha value is -0.870. The first-order chi connectivity index (χ1) is 10.7. The van der Waals surface area contributed by atoms with Gasteiger partial charge in [-0.3, -0.25) is 9.69 Å².